The van der Waals surface area contributed by atoms with Crippen molar-refractivity contribution in [2.45, 2.75) is 82.8 Å². The molecule has 0 saturated carbocycles. The number of carbonyl (C=O) groups is 4. The summed E-state index contributed by atoms with van der Waals surface area (Å²) in [5.41, 5.74) is 4.49. The molecular formula is C44H53N3O7. The molecule has 0 unspecified atom stereocenters. The van der Waals surface area contributed by atoms with Gasteiger partial charge in [0.2, 0.25) is 17.7 Å². The van der Waals surface area contributed by atoms with Gasteiger partial charge < -0.3 is 30.1 Å². The summed E-state index contributed by atoms with van der Waals surface area (Å²) in [5, 5.41) is 23.1. The maximum Gasteiger partial charge on any atom is 0.326 e. The number of methoxy groups -OCH3 is 1. The van der Waals surface area contributed by atoms with E-state index >= 15 is 0 Å². The van der Waals surface area contributed by atoms with Crippen LogP contribution in [-0.2, 0) is 51.3 Å². The van der Waals surface area contributed by atoms with Crippen molar-refractivity contribution in [3.63, 3.8) is 0 Å². The number of nitrogens with zero attached hydrogens (tertiary/aromatic N) is 2. The number of carboxylic acids is 1. The van der Waals surface area contributed by atoms with E-state index in [0.29, 0.717) is 17.7 Å². The molecule has 3 N–H and O–H groups in total. The predicted molar refractivity (Wildman–Crippen MR) is 209 cm³/mol. The molecule has 286 valence electrons. The first kappa shape index (κ1) is 41.1. The minimum atomic E-state index is -1.20. The number of hydrogen-bond acceptors (Lipinski definition) is 6. The van der Waals surface area contributed by atoms with Crippen molar-refractivity contribution >= 4 is 23.7 Å². The van der Waals surface area contributed by atoms with E-state index in [1.165, 1.54) is 41.6 Å². The van der Waals surface area contributed by atoms with Crippen molar-refractivity contribution in [2.24, 2.45) is 0 Å². The van der Waals surface area contributed by atoms with Crippen molar-refractivity contribution in [3.05, 3.63) is 131 Å². The van der Waals surface area contributed by atoms with Crippen LogP contribution in [0.5, 0.6) is 11.5 Å². The molecule has 0 aliphatic rings. The van der Waals surface area contributed by atoms with Gasteiger partial charge in [0.05, 0.1) is 7.11 Å². The van der Waals surface area contributed by atoms with Gasteiger partial charge in [-0.05, 0) is 71.3 Å². The van der Waals surface area contributed by atoms with Crippen molar-refractivity contribution in [3.8, 4) is 11.5 Å². The lowest BCUT2D eigenvalue weighted by Crippen LogP contribution is -2.58. The highest BCUT2D eigenvalue weighted by atomic mass is 16.5. The predicted octanol–water partition coefficient (Wildman–Crippen LogP) is 6.02. The van der Waals surface area contributed by atoms with E-state index < -0.39 is 35.9 Å². The zero-order chi connectivity index (χ0) is 39.0. The maximum atomic E-state index is 14.5. The largest absolute Gasteiger partial charge is 0.508 e. The summed E-state index contributed by atoms with van der Waals surface area (Å²) in [6.07, 6.45) is 5.18. The average Bonchev–Trinajstić information content (AvgIpc) is 3.18. The van der Waals surface area contributed by atoms with Crippen LogP contribution >= 0.6 is 0 Å². The summed E-state index contributed by atoms with van der Waals surface area (Å²) < 4.78 is 5.31. The van der Waals surface area contributed by atoms with Crippen LogP contribution in [0.1, 0.15) is 60.4 Å². The minimum Gasteiger partial charge on any atom is -0.508 e. The van der Waals surface area contributed by atoms with Gasteiger partial charge in [0.1, 0.15) is 29.6 Å². The molecule has 0 fully saturated rings. The fraction of sp³-hybridized carbons (Fsp3) is 0.364. The van der Waals surface area contributed by atoms with Crippen LogP contribution in [0.3, 0.4) is 0 Å². The van der Waals surface area contributed by atoms with Gasteiger partial charge in [-0.25, -0.2) is 4.79 Å². The molecule has 10 heteroatoms. The Labute approximate surface area is 318 Å². The van der Waals surface area contributed by atoms with E-state index in [0.717, 1.165) is 42.4 Å². The molecule has 4 aromatic rings. The lowest BCUT2D eigenvalue weighted by molar-refractivity contribution is -0.153. The zero-order valence-corrected chi connectivity index (χ0v) is 31.7. The number of ether oxygens (including phenoxy) is 1. The number of rotatable bonds is 20. The van der Waals surface area contributed by atoms with E-state index in [-0.39, 0.29) is 37.3 Å². The van der Waals surface area contributed by atoms with E-state index in [9.17, 15) is 29.4 Å². The highest BCUT2D eigenvalue weighted by molar-refractivity contribution is 5.93. The first-order chi connectivity index (χ1) is 26.0. The molecule has 3 atom stereocenters. The summed E-state index contributed by atoms with van der Waals surface area (Å²) in [7, 11) is 4.51. The van der Waals surface area contributed by atoms with Gasteiger partial charge in [-0.15, -0.1) is 0 Å². The van der Waals surface area contributed by atoms with Gasteiger partial charge in [-0.1, -0.05) is 98.6 Å². The van der Waals surface area contributed by atoms with Crippen LogP contribution in [-0.4, -0.2) is 83.0 Å². The third kappa shape index (κ3) is 11.9. The SMILES string of the molecule is CCCCCc1ccccc1CCC(=O)N[C@H](Cc1ccc(O)cc1)C(=O)N(C)[C@@H](Cc1ccc(OC)cc1)C(=O)N(C)[C@@H](Cc1ccccc1)C(=O)O. The number of aryl methyl sites for hydroxylation is 2. The summed E-state index contributed by atoms with van der Waals surface area (Å²) in [5.74, 6) is -1.86. The van der Waals surface area contributed by atoms with Crippen LogP contribution in [0.15, 0.2) is 103 Å². The van der Waals surface area contributed by atoms with Gasteiger partial charge in [0, 0.05) is 39.8 Å². The Kier molecular flexibility index (Phi) is 15.7. The Bertz CT molecular complexity index is 1810. The number of nitrogens with one attached hydrogen (secondary N) is 1. The Hall–Kier alpha value is -5.64. The number of aliphatic carboxylic acids is 1. The third-order valence-electron chi connectivity index (χ3n) is 9.86. The average molecular weight is 736 g/mol. The van der Waals surface area contributed by atoms with Crippen molar-refractivity contribution in [2.75, 3.05) is 21.2 Å². The quantitative estimate of drug-likeness (QED) is 0.0946. The summed E-state index contributed by atoms with van der Waals surface area (Å²) in [4.78, 5) is 57.6. The minimum absolute atomic E-state index is 0.0667. The molecule has 10 nitrogen and oxygen atoms in total. The topological polar surface area (TPSA) is 136 Å². The standard InChI is InChI=1S/C44H53N3O7/c1-5-6-8-15-34-16-11-12-17-35(34)22-27-41(49)45-38(28-32-18-23-36(48)24-19-32)42(50)46(2)39(29-33-20-25-37(54-4)26-21-33)43(51)47(3)40(44(52)53)30-31-13-9-7-10-14-31/h7,9-14,16-21,23-26,38-40,48H,5-6,8,15,22,27-30H2,1-4H3,(H,45,49)(H,52,53)/t38-,39+,40+/m1/s1. The van der Waals surface area contributed by atoms with Gasteiger partial charge in [0.25, 0.3) is 0 Å². The molecule has 4 rings (SSSR count). The number of phenolic OH excluding ortho intramolecular Hbond substituents is 1. The van der Waals surface area contributed by atoms with Crippen LogP contribution < -0.4 is 10.1 Å². The summed E-state index contributed by atoms with van der Waals surface area (Å²) in [6.45, 7) is 2.16. The smallest absolute Gasteiger partial charge is 0.326 e. The number of amides is 3. The van der Waals surface area contributed by atoms with E-state index in [4.69, 9.17) is 4.74 Å². The normalized spacial score (nSPS) is 12.6. The molecule has 0 aliphatic carbocycles. The number of benzene rings is 4. The second-order valence-electron chi connectivity index (χ2n) is 13.7. The van der Waals surface area contributed by atoms with Gasteiger partial charge in [-0.2, -0.15) is 0 Å². The molecule has 0 aliphatic heterocycles. The molecule has 0 heterocycles. The summed E-state index contributed by atoms with van der Waals surface area (Å²) >= 11 is 0. The molecule has 0 spiro atoms. The molecule has 0 radical (unpaired) electrons. The van der Waals surface area contributed by atoms with E-state index in [1.807, 2.05) is 36.4 Å². The monoisotopic (exact) mass is 735 g/mol. The Morgan fingerprint density at radius 2 is 1.20 bits per heavy atom. The highest BCUT2D eigenvalue weighted by Gasteiger charge is 2.37. The van der Waals surface area contributed by atoms with Crippen molar-refractivity contribution in [1.82, 2.24) is 15.1 Å². The fourth-order valence-electron chi connectivity index (χ4n) is 6.58. The van der Waals surface area contributed by atoms with Gasteiger partial charge >= 0.3 is 5.97 Å². The molecule has 0 aromatic heterocycles. The van der Waals surface area contributed by atoms with Gasteiger partial charge in [-0.3, -0.25) is 14.4 Å². The van der Waals surface area contributed by atoms with Gasteiger partial charge in [0.15, 0.2) is 0 Å². The van der Waals surface area contributed by atoms with Crippen LogP contribution in [0.4, 0.5) is 0 Å². The van der Waals surface area contributed by atoms with Crippen molar-refractivity contribution < 1.29 is 34.1 Å². The molecule has 0 bridgehead atoms. The first-order valence-corrected chi connectivity index (χ1v) is 18.6. The molecule has 54 heavy (non-hydrogen) atoms. The zero-order valence-electron chi connectivity index (χ0n) is 31.7. The van der Waals surface area contributed by atoms with E-state index in [2.05, 4.69) is 18.3 Å². The number of unbranched alkanes of at least 4 members (excludes halogenated alkanes) is 2. The van der Waals surface area contributed by atoms with Crippen LogP contribution in [0.25, 0.3) is 0 Å². The maximum absolute atomic E-state index is 14.5. The summed E-state index contributed by atoms with van der Waals surface area (Å²) in [6, 6.07) is 27.3. The highest BCUT2D eigenvalue weighted by Crippen LogP contribution is 2.20. The number of likely N-dealkylation sites (N-methyl/N-ethyl adjacent to an activating group) is 2. The lowest BCUT2D eigenvalue weighted by atomic mass is 9.97. The number of hydrogen-bond donors (Lipinski definition) is 3. The molecule has 3 amide bonds. The second kappa shape index (κ2) is 20.6. The number of carboxylic acid groups (broad SMARTS) is 1. The first-order valence-electron chi connectivity index (χ1n) is 18.6. The number of carbonyl (C=O) groups excluding carboxylic acids is 3. The lowest BCUT2D eigenvalue weighted by Gasteiger charge is -2.35. The van der Waals surface area contributed by atoms with Crippen LogP contribution in [0, 0.1) is 0 Å². The molecule has 4 aromatic carbocycles. The Morgan fingerprint density at radius 1 is 0.667 bits per heavy atom. The Balaban J connectivity index is 1.61. The fourth-order valence-corrected chi connectivity index (χ4v) is 6.58. The number of aromatic hydroxyl groups is 1. The Morgan fingerprint density at radius 3 is 1.81 bits per heavy atom. The second-order valence-corrected chi connectivity index (χ2v) is 13.7. The van der Waals surface area contributed by atoms with Crippen molar-refractivity contribution in [1.29, 1.82) is 0 Å². The van der Waals surface area contributed by atoms with Crippen LogP contribution in [0.2, 0.25) is 0 Å². The molecular weight excluding hydrogens is 682 g/mol. The third-order valence-corrected chi connectivity index (χ3v) is 9.86. The molecule has 0 saturated heterocycles. The van der Waals surface area contributed by atoms with E-state index in [1.54, 1.807) is 55.6 Å². The number of phenols is 1.